The standard InChI is InChI=1S/C12H17NOS/c1-2-7-13(8-10-3-4-10)12-6-5-11(9-14)15-12/h5-6,9-10H,2-4,7-8H2,1H3. The first-order valence-electron chi connectivity index (χ1n) is 5.63. The van der Waals surface area contributed by atoms with Crippen LogP contribution in [-0.2, 0) is 0 Å². The van der Waals surface area contributed by atoms with Gasteiger partial charge < -0.3 is 4.90 Å². The Hall–Kier alpha value is -0.830. The van der Waals surface area contributed by atoms with E-state index in [1.54, 1.807) is 11.3 Å². The molecule has 0 aromatic carbocycles. The summed E-state index contributed by atoms with van der Waals surface area (Å²) in [6, 6.07) is 4.00. The molecule has 2 nitrogen and oxygen atoms in total. The molecule has 1 aromatic rings. The third kappa shape index (κ3) is 2.81. The highest BCUT2D eigenvalue weighted by Crippen LogP contribution is 2.33. The number of hydrogen-bond acceptors (Lipinski definition) is 3. The second-order valence-corrected chi connectivity index (χ2v) is 5.28. The molecule has 1 heterocycles. The third-order valence-electron chi connectivity index (χ3n) is 2.71. The van der Waals surface area contributed by atoms with Crippen LogP contribution in [0.15, 0.2) is 12.1 Å². The maximum Gasteiger partial charge on any atom is 0.160 e. The summed E-state index contributed by atoms with van der Waals surface area (Å²) in [5, 5.41) is 1.26. The summed E-state index contributed by atoms with van der Waals surface area (Å²) in [5.74, 6) is 0.901. The molecule has 1 aromatic heterocycles. The molecule has 1 aliphatic rings. The van der Waals surface area contributed by atoms with Gasteiger partial charge in [0.25, 0.3) is 0 Å². The molecule has 1 saturated carbocycles. The van der Waals surface area contributed by atoms with E-state index in [9.17, 15) is 4.79 Å². The molecule has 0 radical (unpaired) electrons. The van der Waals surface area contributed by atoms with Gasteiger partial charge in [-0.1, -0.05) is 6.92 Å². The number of rotatable bonds is 6. The average molecular weight is 223 g/mol. The minimum Gasteiger partial charge on any atom is -0.363 e. The van der Waals surface area contributed by atoms with Gasteiger partial charge in [0.2, 0.25) is 0 Å². The Morgan fingerprint density at radius 1 is 1.53 bits per heavy atom. The predicted octanol–water partition coefficient (Wildman–Crippen LogP) is 3.19. The summed E-state index contributed by atoms with van der Waals surface area (Å²) >= 11 is 1.61. The summed E-state index contributed by atoms with van der Waals surface area (Å²) in [5.41, 5.74) is 0. The molecule has 0 atom stereocenters. The van der Waals surface area contributed by atoms with Gasteiger partial charge in [-0.3, -0.25) is 4.79 Å². The molecule has 0 saturated heterocycles. The smallest absolute Gasteiger partial charge is 0.160 e. The number of aldehydes is 1. The lowest BCUT2D eigenvalue weighted by Gasteiger charge is -2.22. The van der Waals surface area contributed by atoms with Gasteiger partial charge in [0.15, 0.2) is 6.29 Å². The van der Waals surface area contributed by atoms with Crippen molar-refractivity contribution < 1.29 is 4.79 Å². The molecule has 82 valence electrons. The van der Waals surface area contributed by atoms with Crippen LogP contribution in [0.1, 0.15) is 35.9 Å². The molecule has 0 unspecified atom stereocenters. The van der Waals surface area contributed by atoms with Gasteiger partial charge in [0, 0.05) is 13.1 Å². The van der Waals surface area contributed by atoms with Crippen LogP contribution in [0, 0.1) is 5.92 Å². The Morgan fingerprint density at radius 3 is 2.87 bits per heavy atom. The molecule has 1 aliphatic carbocycles. The first-order chi connectivity index (χ1) is 7.33. The Labute approximate surface area is 94.9 Å². The first kappa shape index (κ1) is 10.7. The van der Waals surface area contributed by atoms with Crippen LogP contribution in [-0.4, -0.2) is 19.4 Å². The van der Waals surface area contributed by atoms with Gasteiger partial charge in [0.1, 0.15) is 0 Å². The summed E-state index contributed by atoms with van der Waals surface area (Å²) in [7, 11) is 0. The lowest BCUT2D eigenvalue weighted by atomic mass is 10.3. The zero-order chi connectivity index (χ0) is 10.7. The van der Waals surface area contributed by atoms with Crippen molar-refractivity contribution in [2.45, 2.75) is 26.2 Å². The fourth-order valence-electron chi connectivity index (χ4n) is 1.75. The monoisotopic (exact) mass is 223 g/mol. The van der Waals surface area contributed by atoms with Crippen molar-refractivity contribution in [1.82, 2.24) is 0 Å². The number of anilines is 1. The molecule has 15 heavy (non-hydrogen) atoms. The van der Waals surface area contributed by atoms with E-state index in [4.69, 9.17) is 0 Å². The number of hydrogen-bond donors (Lipinski definition) is 0. The fourth-order valence-corrected chi connectivity index (χ4v) is 2.61. The highest BCUT2D eigenvalue weighted by Gasteiger charge is 2.24. The van der Waals surface area contributed by atoms with E-state index in [1.165, 1.54) is 30.8 Å². The topological polar surface area (TPSA) is 20.3 Å². The van der Waals surface area contributed by atoms with Crippen LogP contribution in [0.25, 0.3) is 0 Å². The Kier molecular flexibility index (Phi) is 3.41. The van der Waals surface area contributed by atoms with Crippen molar-refractivity contribution in [1.29, 1.82) is 0 Å². The van der Waals surface area contributed by atoms with Gasteiger partial charge in [-0.25, -0.2) is 0 Å². The minimum absolute atomic E-state index is 0.835. The maximum atomic E-state index is 10.6. The summed E-state index contributed by atoms with van der Waals surface area (Å²) in [4.78, 5) is 13.9. The average Bonchev–Trinajstić information content (AvgIpc) is 2.94. The normalized spacial score (nSPS) is 15.3. The van der Waals surface area contributed by atoms with Crippen molar-refractivity contribution in [2.24, 2.45) is 5.92 Å². The van der Waals surface area contributed by atoms with Gasteiger partial charge in [-0.05, 0) is 37.3 Å². The van der Waals surface area contributed by atoms with E-state index >= 15 is 0 Å². The second kappa shape index (κ2) is 4.79. The second-order valence-electron chi connectivity index (χ2n) is 4.18. The van der Waals surface area contributed by atoms with Crippen LogP contribution in [0.2, 0.25) is 0 Å². The number of nitrogens with zero attached hydrogens (tertiary/aromatic N) is 1. The molecule has 0 spiro atoms. The van der Waals surface area contributed by atoms with Gasteiger partial charge in [-0.2, -0.15) is 0 Å². The van der Waals surface area contributed by atoms with E-state index in [-0.39, 0.29) is 0 Å². The Bertz CT molecular complexity index is 330. The summed E-state index contributed by atoms with van der Waals surface area (Å²) < 4.78 is 0. The van der Waals surface area contributed by atoms with Crippen LogP contribution in [0.4, 0.5) is 5.00 Å². The molecule has 3 heteroatoms. The molecule has 2 rings (SSSR count). The van der Waals surface area contributed by atoms with Crippen molar-refractivity contribution in [3.8, 4) is 0 Å². The van der Waals surface area contributed by atoms with Crippen molar-refractivity contribution in [3.05, 3.63) is 17.0 Å². The van der Waals surface area contributed by atoms with E-state index < -0.39 is 0 Å². The van der Waals surface area contributed by atoms with E-state index in [0.717, 1.165) is 23.6 Å². The van der Waals surface area contributed by atoms with Crippen molar-refractivity contribution in [3.63, 3.8) is 0 Å². The number of carbonyl (C=O) groups is 1. The van der Waals surface area contributed by atoms with Crippen LogP contribution >= 0.6 is 11.3 Å². The lowest BCUT2D eigenvalue weighted by Crippen LogP contribution is -2.25. The highest BCUT2D eigenvalue weighted by atomic mass is 32.1. The largest absolute Gasteiger partial charge is 0.363 e. The number of carbonyl (C=O) groups excluding carboxylic acids is 1. The predicted molar refractivity (Wildman–Crippen MR) is 64.9 cm³/mol. The van der Waals surface area contributed by atoms with Gasteiger partial charge >= 0.3 is 0 Å². The van der Waals surface area contributed by atoms with E-state index in [1.807, 2.05) is 6.07 Å². The molecular formula is C12H17NOS. The quantitative estimate of drug-likeness (QED) is 0.690. The Balaban J connectivity index is 2.03. The summed E-state index contributed by atoms with van der Waals surface area (Å²) in [6.07, 6.45) is 4.87. The maximum absolute atomic E-state index is 10.6. The molecule has 0 bridgehead atoms. The zero-order valence-electron chi connectivity index (χ0n) is 9.11. The molecule has 0 N–H and O–H groups in total. The van der Waals surface area contributed by atoms with Gasteiger partial charge in [-0.15, -0.1) is 11.3 Å². The third-order valence-corrected chi connectivity index (χ3v) is 3.78. The zero-order valence-corrected chi connectivity index (χ0v) is 9.93. The fraction of sp³-hybridized carbons (Fsp3) is 0.583. The highest BCUT2D eigenvalue weighted by molar-refractivity contribution is 7.17. The van der Waals surface area contributed by atoms with E-state index in [0.29, 0.717) is 0 Å². The Morgan fingerprint density at radius 2 is 2.33 bits per heavy atom. The van der Waals surface area contributed by atoms with Crippen LogP contribution in [0.3, 0.4) is 0 Å². The van der Waals surface area contributed by atoms with Crippen LogP contribution < -0.4 is 4.90 Å². The molecule has 0 aliphatic heterocycles. The molecular weight excluding hydrogens is 206 g/mol. The molecule has 0 amide bonds. The van der Waals surface area contributed by atoms with Crippen LogP contribution in [0.5, 0.6) is 0 Å². The lowest BCUT2D eigenvalue weighted by molar-refractivity contribution is 0.112. The van der Waals surface area contributed by atoms with Crippen molar-refractivity contribution >= 4 is 22.6 Å². The molecule has 1 fully saturated rings. The summed E-state index contributed by atoms with van der Waals surface area (Å²) in [6.45, 7) is 4.48. The first-order valence-corrected chi connectivity index (χ1v) is 6.45. The SMILES string of the molecule is CCCN(CC1CC1)c1ccc(C=O)s1. The number of thiophene rings is 1. The van der Waals surface area contributed by atoms with Crippen molar-refractivity contribution in [2.75, 3.05) is 18.0 Å². The minimum atomic E-state index is 0.835. The van der Waals surface area contributed by atoms with Gasteiger partial charge in [0.05, 0.1) is 9.88 Å². The van der Waals surface area contributed by atoms with E-state index in [2.05, 4.69) is 17.9 Å².